The normalized spacial score (nSPS) is 19.6. The van der Waals surface area contributed by atoms with Crippen LogP contribution in [0.2, 0.25) is 0 Å². The van der Waals surface area contributed by atoms with Crippen molar-refractivity contribution in [2.75, 3.05) is 11.6 Å². The molecule has 0 unspecified atom stereocenters. The Labute approximate surface area is 122 Å². The van der Waals surface area contributed by atoms with E-state index in [1.165, 1.54) is 0 Å². The number of hydrogen-bond donors (Lipinski definition) is 1. The van der Waals surface area contributed by atoms with Gasteiger partial charge in [0.15, 0.2) is 0 Å². The van der Waals surface area contributed by atoms with Crippen LogP contribution in [-0.2, 0) is 14.8 Å². The third-order valence-corrected chi connectivity index (χ3v) is 5.90. The highest BCUT2D eigenvalue weighted by Crippen LogP contribution is 2.30. The van der Waals surface area contributed by atoms with Crippen molar-refractivity contribution in [3.05, 3.63) is 34.1 Å². The molecule has 21 heavy (non-hydrogen) atoms. The van der Waals surface area contributed by atoms with Crippen molar-refractivity contribution in [1.29, 1.82) is 0 Å². The lowest BCUT2D eigenvalue weighted by atomic mass is 10.3. The van der Waals surface area contributed by atoms with Gasteiger partial charge in [0.05, 0.1) is 16.9 Å². The molecule has 1 aromatic rings. The molecule has 0 spiro atoms. The maximum atomic E-state index is 13.8. The summed E-state index contributed by atoms with van der Waals surface area (Å²) in [5, 5.41) is 19.5. The molecule has 1 saturated heterocycles. The van der Waals surface area contributed by atoms with Gasteiger partial charge in [-0.2, -0.15) is 4.31 Å². The average Bonchev–Trinajstić information content (AvgIpc) is 2.88. The Bertz CT molecular complexity index is 707. The molecule has 0 amide bonds. The highest BCUT2D eigenvalue weighted by molar-refractivity contribution is 8.00. The van der Waals surface area contributed by atoms with Crippen LogP contribution < -0.4 is 0 Å². The molecule has 1 fully saturated rings. The number of rotatable bonds is 4. The second-order valence-electron chi connectivity index (χ2n) is 4.12. The van der Waals surface area contributed by atoms with E-state index in [1.807, 2.05) is 0 Å². The number of hydrogen-bond acceptors (Lipinski definition) is 6. The second kappa shape index (κ2) is 5.58. The minimum absolute atomic E-state index is 0.0587. The van der Waals surface area contributed by atoms with E-state index in [0.717, 1.165) is 23.9 Å². The van der Waals surface area contributed by atoms with Gasteiger partial charge in [-0.25, -0.2) is 12.8 Å². The van der Waals surface area contributed by atoms with Crippen LogP contribution >= 0.6 is 11.8 Å². The van der Waals surface area contributed by atoms with Crippen molar-refractivity contribution in [3.8, 4) is 0 Å². The molecule has 1 atom stereocenters. The number of halogens is 1. The van der Waals surface area contributed by atoms with Crippen LogP contribution in [0, 0.1) is 15.9 Å². The number of carboxylic acid groups (broad SMARTS) is 1. The van der Waals surface area contributed by atoms with E-state index in [-0.39, 0.29) is 11.6 Å². The van der Waals surface area contributed by atoms with Gasteiger partial charge in [-0.05, 0) is 6.07 Å². The Morgan fingerprint density at radius 3 is 2.71 bits per heavy atom. The molecule has 0 aliphatic carbocycles. The summed E-state index contributed by atoms with van der Waals surface area (Å²) in [5.41, 5.74) is -0.586. The zero-order valence-corrected chi connectivity index (χ0v) is 11.9. The van der Waals surface area contributed by atoms with E-state index in [4.69, 9.17) is 5.11 Å². The number of thioether (sulfide) groups is 1. The molecular formula is C10H9FN2O6S2. The van der Waals surface area contributed by atoms with Crippen molar-refractivity contribution >= 4 is 33.4 Å². The maximum Gasteiger partial charge on any atom is 0.322 e. The first kappa shape index (κ1) is 15.7. The molecular weight excluding hydrogens is 327 g/mol. The summed E-state index contributed by atoms with van der Waals surface area (Å²) in [6.45, 7) is 0. The molecule has 1 N–H and O–H groups in total. The summed E-state index contributed by atoms with van der Waals surface area (Å²) in [6.07, 6.45) is 0. The number of nitro benzene ring substituents is 1. The zero-order chi connectivity index (χ0) is 15.8. The van der Waals surface area contributed by atoms with E-state index in [2.05, 4.69) is 0 Å². The standard InChI is InChI=1S/C10H9FN2O6S2/c11-7-3-6(13(16)17)1-2-9(7)21(18,19)12-5-20-4-8(12)10(14)15/h1-3,8H,4-5H2,(H,14,15)/t8-/m0/s1. The number of nitro groups is 1. The molecule has 1 aliphatic heterocycles. The largest absolute Gasteiger partial charge is 0.480 e. The lowest BCUT2D eigenvalue weighted by Gasteiger charge is -2.20. The van der Waals surface area contributed by atoms with E-state index >= 15 is 0 Å². The van der Waals surface area contributed by atoms with Crippen molar-refractivity contribution in [1.82, 2.24) is 4.31 Å². The highest BCUT2D eigenvalue weighted by atomic mass is 32.2. The molecule has 1 aliphatic rings. The molecule has 1 aromatic carbocycles. The maximum absolute atomic E-state index is 13.8. The number of non-ortho nitro benzene ring substituents is 1. The number of benzene rings is 1. The fraction of sp³-hybridized carbons (Fsp3) is 0.300. The Balaban J connectivity index is 2.45. The Morgan fingerprint density at radius 1 is 1.52 bits per heavy atom. The first-order valence-corrected chi connectivity index (χ1v) is 8.11. The quantitative estimate of drug-likeness (QED) is 0.640. The topological polar surface area (TPSA) is 118 Å². The van der Waals surface area contributed by atoms with Crippen molar-refractivity contribution in [2.45, 2.75) is 10.9 Å². The van der Waals surface area contributed by atoms with Crippen molar-refractivity contribution < 1.29 is 27.6 Å². The van der Waals surface area contributed by atoms with Gasteiger partial charge in [-0.3, -0.25) is 14.9 Å². The van der Waals surface area contributed by atoms with Crippen LogP contribution in [0.5, 0.6) is 0 Å². The molecule has 2 rings (SSSR count). The molecule has 114 valence electrons. The molecule has 0 saturated carbocycles. The van der Waals surface area contributed by atoms with Gasteiger partial charge < -0.3 is 5.11 Å². The first-order chi connectivity index (χ1) is 9.75. The van der Waals surface area contributed by atoms with Gasteiger partial charge in [0, 0.05) is 11.8 Å². The number of sulfonamides is 1. The van der Waals surface area contributed by atoms with Gasteiger partial charge in [-0.15, -0.1) is 11.8 Å². The van der Waals surface area contributed by atoms with E-state index in [1.54, 1.807) is 0 Å². The predicted octanol–water partition coefficient (Wildman–Crippen LogP) is 0.882. The molecule has 0 aromatic heterocycles. The van der Waals surface area contributed by atoms with Gasteiger partial charge >= 0.3 is 5.97 Å². The summed E-state index contributed by atoms with van der Waals surface area (Å²) >= 11 is 1.09. The Hall–Kier alpha value is -1.72. The summed E-state index contributed by atoms with van der Waals surface area (Å²) < 4.78 is 39.1. The fourth-order valence-electron chi connectivity index (χ4n) is 1.80. The number of nitrogens with zero attached hydrogens (tertiary/aromatic N) is 2. The van der Waals surface area contributed by atoms with Crippen LogP contribution in [0.15, 0.2) is 23.1 Å². The Morgan fingerprint density at radius 2 is 2.19 bits per heavy atom. The van der Waals surface area contributed by atoms with E-state index < -0.39 is 43.4 Å². The van der Waals surface area contributed by atoms with Crippen LogP contribution in [0.4, 0.5) is 10.1 Å². The van der Waals surface area contributed by atoms with Crippen molar-refractivity contribution in [2.24, 2.45) is 0 Å². The highest BCUT2D eigenvalue weighted by Gasteiger charge is 2.41. The molecule has 1 heterocycles. The van der Waals surface area contributed by atoms with Crippen LogP contribution in [0.3, 0.4) is 0 Å². The number of aliphatic carboxylic acids is 1. The minimum Gasteiger partial charge on any atom is -0.480 e. The van der Waals surface area contributed by atoms with Crippen LogP contribution in [-0.4, -0.2) is 46.4 Å². The van der Waals surface area contributed by atoms with Gasteiger partial charge in [0.2, 0.25) is 10.0 Å². The van der Waals surface area contributed by atoms with E-state index in [9.17, 15) is 27.7 Å². The van der Waals surface area contributed by atoms with Gasteiger partial charge in [-0.1, -0.05) is 0 Å². The summed E-state index contributed by atoms with van der Waals surface area (Å²) in [4.78, 5) is 19.9. The zero-order valence-electron chi connectivity index (χ0n) is 10.3. The average molecular weight is 336 g/mol. The summed E-state index contributed by atoms with van der Waals surface area (Å²) in [7, 11) is -4.37. The Kier molecular flexibility index (Phi) is 4.16. The summed E-state index contributed by atoms with van der Waals surface area (Å²) in [6, 6.07) is 0.834. The molecule has 0 radical (unpaired) electrons. The van der Waals surface area contributed by atoms with Crippen LogP contribution in [0.1, 0.15) is 0 Å². The minimum atomic E-state index is -4.37. The SMILES string of the molecule is O=C(O)[C@@H]1CSCN1S(=O)(=O)c1ccc([N+](=O)[O-])cc1F. The lowest BCUT2D eigenvalue weighted by molar-refractivity contribution is -0.385. The first-order valence-electron chi connectivity index (χ1n) is 5.51. The third kappa shape index (κ3) is 2.84. The molecule has 0 bridgehead atoms. The smallest absolute Gasteiger partial charge is 0.322 e. The van der Waals surface area contributed by atoms with Gasteiger partial charge in [0.1, 0.15) is 16.8 Å². The second-order valence-corrected chi connectivity index (χ2v) is 6.98. The lowest BCUT2D eigenvalue weighted by Crippen LogP contribution is -2.41. The predicted molar refractivity (Wildman–Crippen MR) is 70.8 cm³/mol. The number of carbonyl (C=O) groups is 1. The third-order valence-electron chi connectivity index (χ3n) is 2.84. The van der Waals surface area contributed by atoms with Crippen LogP contribution in [0.25, 0.3) is 0 Å². The van der Waals surface area contributed by atoms with Crippen molar-refractivity contribution in [3.63, 3.8) is 0 Å². The van der Waals surface area contributed by atoms with E-state index in [0.29, 0.717) is 10.4 Å². The number of carboxylic acids is 1. The molecule has 11 heteroatoms. The fourth-order valence-corrected chi connectivity index (χ4v) is 4.98. The monoisotopic (exact) mass is 336 g/mol. The van der Waals surface area contributed by atoms with Gasteiger partial charge in [0.25, 0.3) is 5.69 Å². The molecule has 8 nitrogen and oxygen atoms in total. The summed E-state index contributed by atoms with van der Waals surface area (Å²) in [5.74, 6) is -2.67.